The minimum atomic E-state index is -1.82. The molecule has 5 rings (SSSR count). The number of carboxylic acids is 4. The summed E-state index contributed by atoms with van der Waals surface area (Å²) in [4.78, 5) is 70.9. The molecule has 1 aromatic carbocycles. The lowest BCUT2D eigenvalue weighted by Crippen LogP contribution is -2.50. The van der Waals surface area contributed by atoms with Gasteiger partial charge in [0.15, 0.2) is 0 Å². The summed E-state index contributed by atoms with van der Waals surface area (Å²) in [5, 5.41) is 32.8. The number of hydrogen-bond acceptors (Lipinski definition) is 8. The number of hydrogen-bond donors (Lipinski definition) is 5. The fourth-order valence-electron chi connectivity index (χ4n) is 5.15. The van der Waals surface area contributed by atoms with Gasteiger partial charge in [-0.25, -0.2) is 19.2 Å². The van der Waals surface area contributed by atoms with E-state index in [1.54, 1.807) is 0 Å². The summed E-state index contributed by atoms with van der Waals surface area (Å²) < 4.78 is 0. The standard InChI is InChI=1S/C25H30N4O2.2C2H2O4/c30-23(17-28-13-15-29(16-14-28)25(31)18-7-2-1-3-8-18)27-24-19-9-4-5-11-21(19)26-22-12-6-10-20(22)24;2*3-1(4)2(5)6/h1-3,7-8H,4-6,9-17H2,(H,26,27,30);2*(H,3,4)(H,5,6). The number of amides is 2. The lowest BCUT2D eigenvalue weighted by Gasteiger charge is -2.34. The summed E-state index contributed by atoms with van der Waals surface area (Å²) >= 11 is 0. The number of nitrogens with zero attached hydrogens (tertiary/aromatic N) is 3. The third kappa shape index (κ3) is 9.33. The molecule has 230 valence electrons. The average Bonchev–Trinajstić information content (AvgIpc) is 3.46. The van der Waals surface area contributed by atoms with Crippen LogP contribution in [0.3, 0.4) is 0 Å². The summed E-state index contributed by atoms with van der Waals surface area (Å²) in [5.41, 5.74) is 6.75. The molecule has 2 heterocycles. The first-order valence-corrected chi connectivity index (χ1v) is 13.8. The van der Waals surface area contributed by atoms with E-state index < -0.39 is 23.9 Å². The van der Waals surface area contributed by atoms with Gasteiger partial charge >= 0.3 is 23.9 Å². The largest absolute Gasteiger partial charge is 0.473 e. The molecule has 1 saturated heterocycles. The second-order valence-electron chi connectivity index (χ2n) is 10.1. The van der Waals surface area contributed by atoms with Crippen molar-refractivity contribution in [3.63, 3.8) is 0 Å². The van der Waals surface area contributed by atoms with E-state index in [0.717, 1.165) is 56.4 Å². The minimum absolute atomic E-state index is 0.0518. The van der Waals surface area contributed by atoms with E-state index in [0.29, 0.717) is 19.6 Å². The van der Waals surface area contributed by atoms with E-state index in [4.69, 9.17) is 44.6 Å². The van der Waals surface area contributed by atoms with E-state index in [1.807, 2.05) is 35.2 Å². The van der Waals surface area contributed by atoms with Gasteiger partial charge in [0.1, 0.15) is 0 Å². The van der Waals surface area contributed by atoms with E-state index in [2.05, 4.69) is 10.2 Å². The van der Waals surface area contributed by atoms with E-state index in [1.165, 1.54) is 35.4 Å². The molecule has 0 spiro atoms. The van der Waals surface area contributed by atoms with Gasteiger partial charge in [0.25, 0.3) is 5.91 Å². The summed E-state index contributed by atoms with van der Waals surface area (Å²) in [6.07, 6.45) is 7.60. The molecule has 14 nitrogen and oxygen atoms in total. The second kappa shape index (κ2) is 15.4. The molecule has 2 aromatic rings. The predicted octanol–water partition coefficient (Wildman–Crippen LogP) is 1.16. The predicted molar refractivity (Wildman–Crippen MR) is 151 cm³/mol. The Hall–Kier alpha value is -4.85. The van der Waals surface area contributed by atoms with Gasteiger partial charge in [0, 0.05) is 43.1 Å². The number of carbonyl (C=O) groups excluding carboxylic acids is 2. The summed E-state index contributed by atoms with van der Waals surface area (Å²) in [7, 11) is 0. The minimum Gasteiger partial charge on any atom is -0.473 e. The van der Waals surface area contributed by atoms with Crippen molar-refractivity contribution in [3.05, 3.63) is 58.4 Å². The first-order valence-electron chi connectivity index (χ1n) is 13.8. The van der Waals surface area contributed by atoms with E-state index >= 15 is 0 Å². The summed E-state index contributed by atoms with van der Waals surface area (Å²) in [6, 6.07) is 9.42. The highest BCUT2D eigenvalue weighted by molar-refractivity contribution is 6.27. The first-order chi connectivity index (χ1) is 20.5. The smallest absolute Gasteiger partial charge is 0.414 e. The Morgan fingerprint density at radius 3 is 1.70 bits per heavy atom. The van der Waals surface area contributed by atoms with Crippen LogP contribution in [0, 0.1) is 0 Å². The molecule has 0 saturated carbocycles. The Kier molecular flexibility index (Phi) is 11.7. The molecular weight excluding hydrogens is 564 g/mol. The Morgan fingerprint density at radius 1 is 0.674 bits per heavy atom. The molecule has 1 fully saturated rings. The van der Waals surface area contributed by atoms with Crippen molar-refractivity contribution in [2.24, 2.45) is 0 Å². The van der Waals surface area contributed by atoms with Gasteiger partial charge in [0.05, 0.1) is 12.2 Å². The Bertz CT molecular complexity index is 1320. The van der Waals surface area contributed by atoms with Crippen LogP contribution in [0.15, 0.2) is 30.3 Å². The molecule has 2 amide bonds. The van der Waals surface area contributed by atoms with Gasteiger partial charge < -0.3 is 30.6 Å². The number of aryl methyl sites for hydroxylation is 2. The lowest BCUT2D eigenvalue weighted by molar-refractivity contribution is -0.159. The van der Waals surface area contributed by atoms with Gasteiger partial charge in [-0.3, -0.25) is 19.5 Å². The highest BCUT2D eigenvalue weighted by Crippen LogP contribution is 2.35. The third-order valence-electron chi connectivity index (χ3n) is 7.18. The Labute approximate surface area is 246 Å². The maximum Gasteiger partial charge on any atom is 0.414 e. The van der Waals surface area contributed by atoms with Crippen LogP contribution >= 0.6 is 0 Å². The second-order valence-corrected chi connectivity index (χ2v) is 10.1. The number of fused-ring (bicyclic) bond motifs is 2. The van der Waals surface area contributed by atoms with Gasteiger partial charge in [0.2, 0.25) is 5.91 Å². The Balaban J connectivity index is 0.000000359. The topological polar surface area (TPSA) is 215 Å². The molecule has 14 heteroatoms. The van der Waals surface area contributed by atoms with Gasteiger partial charge in [-0.05, 0) is 68.2 Å². The molecule has 0 radical (unpaired) electrons. The zero-order chi connectivity index (χ0) is 31.5. The molecular formula is C29H34N4O10. The number of rotatable bonds is 4. The average molecular weight is 599 g/mol. The van der Waals surface area contributed by atoms with Gasteiger partial charge in [-0.1, -0.05) is 18.2 Å². The molecule has 0 bridgehead atoms. The van der Waals surface area contributed by atoms with Gasteiger partial charge in [-0.15, -0.1) is 0 Å². The number of carbonyl (C=O) groups is 6. The van der Waals surface area contributed by atoms with E-state index in [9.17, 15) is 9.59 Å². The van der Waals surface area contributed by atoms with E-state index in [-0.39, 0.29) is 11.8 Å². The fraction of sp³-hybridized carbons (Fsp3) is 0.414. The zero-order valence-corrected chi connectivity index (χ0v) is 23.5. The molecule has 2 aliphatic carbocycles. The van der Waals surface area contributed by atoms with Crippen LogP contribution in [-0.4, -0.2) is 104 Å². The number of carboxylic acid groups (broad SMARTS) is 4. The van der Waals surface area contributed by atoms with Crippen LogP contribution in [-0.2, 0) is 49.7 Å². The molecule has 1 aliphatic heterocycles. The zero-order valence-electron chi connectivity index (χ0n) is 23.5. The normalized spacial score (nSPS) is 15.3. The number of aliphatic carboxylic acids is 4. The SMILES string of the molecule is O=C(CN1CCN(C(=O)c2ccccc2)CC1)Nc1c2c(nc3c1CCC3)CCCC2.O=C(O)C(=O)O.O=C(O)C(=O)O. The van der Waals surface area contributed by atoms with Crippen molar-refractivity contribution in [3.8, 4) is 0 Å². The van der Waals surface area contributed by atoms with Crippen LogP contribution in [0.25, 0.3) is 0 Å². The number of pyridine rings is 1. The fourth-order valence-corrected chi connectivity index (χ4v) is 5.15. The van der Waals surface area contributed by atoms with Crippen LogP contribution < -0.4 is 5.32 Å². The molecule has 0 unspecified atom stereocenters. The summed E-state index contributed by atoms with van der Waals surface area (Å²) in [6.45, 7) is 3.12. The maximum atomic E-state index is 12.9. The number of nitrogens with one attached hydrogen (secondary N) is 1. The molecule has 3 aliphatic rings. The number of anilines is 1. The lowest BCUT2D eigenvalue weighted by atomic mass is 9.92. The quantitative estimate of drug-likeness (QED) is 0.314. The van der Waals surface area contributed by atoms with Crippen LogP contribution in [0.2, 0.25) is 0 Å². The highest BCUT2D eigenvalue weighted by Gasteiger charge is 2.27. The van der Waals surface area contributed by atoms with Crippen LogP contribution in [0.1, 0.15) is 52.1 Å². The summed E-state index contributed by atoms with van der Waals surface area (Å²) in [5.74, 6) is -7.17. The first kappa shape index (κ1) is 32.7. The molecule has 43 heavy (non-hydrogen) atoms. The van der Waals surface area contributed by atoms with Crippen molar-refractivity contribution in [2.75, 3.05) is 38.0 Å². The van der Waals surface area contributed by atoms with Crippen molar-refractivity contribution >= 4 is 41.4 Å². The van der Waals surface area contributed by atoms with Crippen molar-refractivity contribution in [2.45, 2.75) is 44.9 Å². The number of aromatic nitrogens is 1. The number of benzene rings is 1. The van der Waals surface area contributed by atoms with Crippen molar-refractivity contribution < 1.29 is 49.2 Å². The van der Waals surface area contributed by atoms with Crippen molar-refractivity contribution in [1.82, 2.24) is 14.8 Å². The third-order valence-corrected chi connectivity index (χ3v) is 7.18. The molecule has 1 aromatic heterocycles. The maximum absolute atomic E-state index is 12.9. The van der Waals surface area contributed by atoms with Crippen LogP contribution in [0.4, 0.5) is 5.69 Å². The molecule has 5 N–H and O–H groups in total. The number of piperazine rings is 1. The van der Waals surface area contributed by atoms with Crippen molar-refractivity contribution in [1.29, 1.82) is 0 Å². The van der Waals surface area contributed by atoms with Gasteiger partial charge in [-0.2, -0.15) is 0 Å². The molecule has 0 atom stereocenters. The highest BCUT2D eigenvalue weighted by atomic mass is 16.4. The van der Waals surface area contributed by atoms with Crippen LogP contribution in [0.5, 0.6) is 0 Å². The Morgan fingerprint density at radius 2 is 1.16 bits per heavy atom. The monoisotopic (exact) mass is 598 g/mol.